The van der Waals surface area contributed by atoms with Crippen LogP contribution in [0.25, 0.3) is 0 Å². The van der Waals surface area contributed by atoms with Gasteiger partial charge in [-0.05, 0) is 13.8 Å². The Morgan fingerprint density at radius 1 is 1.60 bits per heavy atom. The molecule has 82 valence electrons. The Labute approximate surface area is 92.8 Å². The molecule has 0 atom stereocenters. The fourth-order valence-corrected chi connectivity index (χ4v) is 3.20. The van der Waals surface area contributed by atoms with E-state index in [1.54, 1.807) is 13.8 Å². The van der Waals surface area contributed by atoms with Crippen LogP contribution in [-0.4, -0.2) is 19.9 Å². The summed E-state index contributed by atoms with van der Waals surface area (Å²) in [5, 5.41) is 0.245. The number of sulfonamides is 1. The first kappa shape index (κ1) is 12.0. The van der Waals surface area contributed by atoms with E-state index in [0.717, 1.165) is 11.3 Å². The van der Waals surface area contributed by atoms with E-state index in [9.17, 15) is 8.42 Å². The molecule has 5 nitrogen and oxygen atoms in total. The van der Waals surface area contributed by atoms with Gasteiger partial charge in [0.05, 0.1) is 12.2 Å². The molecule has 7 heteroatoms. The molecule has 0 saturated carbocycles. The fraction of sp³-hybridized carbons (Fsp3) is 0.375. The smallest absolute Gasteiger partial charge is 0.252 e. The SMILES string of the molecule is CC#CCNS(=O)(=O)c1sc(N)nc1C. The number of aryl methyl sites for hydroxylation is 1. The first-order valence-corrected chi connectivity index (χ1v) is 6.39. The molecule has 1 aromatic heterocycles. The van der Waals surface area contributed by atoms with Gasteiger partial charge in [-0.25, -0.2) is 13.4 Å². The lowest BCUT2D eigenvalue weighted by Gasteiger charge is -2.00. The Bertz CT molecular complexity index is 508. The maximum atomic E-state index is 11.7. The van der Waals surface area contributed by atoms with Crippen molar-refractivity contribution in [2.45, 2.75) is 18.1 Å². The molecule has 3 N–H and O–H groups in total. The van der Waals surface area contributed by atoms with Crippen LogP contribution in [-0.2, 0) is 10.0 Å². The Morgan fingerprint density at radius 2 is 2.27 bits per heavy atom. The number of nitrogen functional groups attached to an aromatic ring is 1. The maximum absolute atomic E-state index is 11.7. The van der Waals surface area contributed by atoms with Gasteiger partial charge in [0, 0.05) is 0 Å². The van der Waals surface area contributed by atoms with E-state index in [0.29, 0.717) is 5.69 Å². The molecule has 15 heavy (non-hydrogen) atoms. The molecule has 0 radical (unpaired) electrons. The number of nitrogens with two attached hydrogens (primary N) is 1. The van der Waals surface area contributed by atoms with Gasteiger partial charge in [0.15, 0.2) is 9.34 Å². The molecule has 0 fully saturated rings. The van der Waals surface area contributed by atoms with Gasteiger partial charge < -0.3 is 5.73 Å². The number of hydrogen-bond donors (Lipinski definition) is 2. The van der Waals surface area contributed by atoms with E-state index in [1.807, 2.05) is 0 Å². The van der Waals surface area contributed by atoms with Crippen LogP contribution in [0, 0.1) is 18.8 Å². The summed E-state index contributed by atoms with van der Waals surface area (Å²) in [5.41, 5.74) is 5.83. The minimum Gasteiger partial charge on any atom is -0.375 e. The van der Waals surface area contributed by atoms with E-state index < -0.39 is 10.0 Å². The molecule has 0 saturated heterocycles. The Hall–Kier alpha value is -1.10. The lowest BCUT2D eigenvalue weighted by Crippen LogP contribution is -2.23. The molecule has 1 rings (SSSR count). The minimum absolute atomic E-state index is 0.0933. The van der Waals surface area contributed by atoms with Crippen molar-refractivity contribution in [3.05, 3.63) is 5.69 Å². The van der Waals surface area contributed by atoms with Gasteiger partial charge in [-0.15, -0.1) is 5.92 Å². The molecular weight excluding hydrogens is 234 g/mol. The number of anilines is 1. The van der Waals surface area contributed by atoms with Gasteiger partial charge in [0.2, 0.25) is 0 Å². The lowest BCUT2D eigenvalue weighted by atomic mass is 10.6. The predicted octanol–water partition coefficient (Wildman–Crippen LogP) is 0.335. The molecule has 1 aromatic rings. The van der Waals surface area contributed by atoms with Gasteiger partial charge in [-0.3, -0.25) is 0 Å². The van der Waals surface area contributed by atoms with Gasteiger partial charge in [0.1, 0.15) is 0 Å². The van der Waals surface area contributed by atoms with Crippen molar-refractivity contribution < 1.29 is 8.42 Å². The second kappa shape index (κ2) is 4.61. The van der Waals surface area contributed by atoms with Crippen molar-refractivity contribution in [1.82, 2.24) is 9.71 Å². The highest BCUT2D eigenvalue weighted by Crippen LogP contribution is 2.24. The van der Waals surface area contributed by atoms with Gasteiger partial charge >= 0.3 is 0 Å². The summed E-state index contributed by atoms with van der Waals surface area (Å²) >= 11 is 0.947. The van der Waals surface area contributed by atoms with E-state index in [4.69, 9.17) is 5.73 Å². The normalized spacial score (nSPS) is 10.8. The van der Waals surface area contributed by atoms with Crippen molar-refractivity contribution in [2.24, 2.45) is 0 Å². The largest absolute Gasteiger partial charge is 0.375 e. The second-order valence-corrected chi connectivity index (χ2v) is 5.67. The third-order valence-corrected chi connectivity index (χ3v) is 4.54. The summed E-state index contributed by atoms with van der Waals surface area (Å²) in [6, 6.07) is 0. The number of rotatable bonds is 3. The Balaban J connectivity index is 2.94. The summed E-state index contributed by atoms with van der Waals surface area (Å²) in [6.45, 7) is 3.34. The highest BCUT2D eigenvalue weighted by Gasteiger charge is 2.20. The van der Waals surface area contributed by atoms with Crippen LogP contribution < -0.4 is 10.5 Å². The summed E-state index contributed by atoms with van der Waals surface area (Å²) < 4.78 is 25.8. The summed E-state index contributed by atoms with van der Waals surface area (Å²) in [5.74, 6) is 5.21. The molecule has 0 aliphatic heterocycles. The van der Waals surface area contributed by atoms with Crippen LogP contribution in [0.4, 0.5) is 5.13 Å². The molecule has 0 aliphatic carbocycles. The lowest BCUT2D eigenvalue weighted by molar-refractivity contribution is 0.587. The number of hydrogen-bond acceptors (Lipinski definition) is 5. The van der Waals surface area contributed by atoms with Gasteiger partial charge in [-0.2, -0.15) is 4.72 Å². The number of thiazole rings is 1. The zero-order valence-corrected chi connectivity index (χ0v) is 10.00. The summed E-state index contributed by atoms with van der Waals surface area (Å²) in [7, 11) is -3.52. The van der Waals surface area contributed by atoms with Crippen LogP contribution in [0.5, 0.6) is 0 Å². The molecule has 0 spiro atoms. The molecule has 0 aliphatic rings. The second-order valence-electron chi connectivity index (χ2n) is 2.68. The Morgan fingerprint density at radius 3 is 2.73 bits per heavy atom. The molecular formula is C8H11N3O2S2. The van der Waals surface area contributed by atoms with Crippen LogP contribution >= 0.6 is 11.3 Å². The van der Waals surface area contributed by atoms with Crippen LogP contribution in [0.2, 0.25) is 0 Å². The zero-order chi connectivity index (χ0) is 11.5. The topological polar surface area (TPSA) is 85.1 Å². The van der Waals surface area contributed by atoms with E-state index in [-0.39, 0.29) is 15.9 Å². The predicted molar refractivity (Wildman–Crippen MR) is 59.9 cm³/mol. The quantitative estimate of drug-likeness (QED) is 0.752. The third kappa shape index (κ3) is 2.92. The fourth-order valence-electron chi connectivity index (χ4n) is 0.937. The van der Waals surface area contributed by atoms with Crippen molar-refractivity contribution in [3.63, 3.8) is 0 Å². The van der Waals surface area contributed by atoms with Crippen molar-refractivity contribution in [3.8, 4) is 11.8 Å². The summed E-state index contributed by atoms with van der Waals surface area (Å²) in [6.07, 6.45) is 0. The van der Waals surface area contributed by atoms with Crippen LogP contribution in [0.15, 0.2) is 4.21 Å². The molecule has 1 heterocycles. The number of nitrogens with one attached hydrogen (secondary N) is 1. The first-order valence-electron chi connectivity index (χ1n) is 4.09. The molecule has 0 aromatic carbocycles. The van der Waals surface area contributed by atoms with Gasteiger partial charge in [0.25, 0.3) is 10.0 Å². The van der Waals surface area contributed by atoms with E-state index >= 15 is 0 Å². The highest BCUT2D eigenvalue weighted by molar-refractivity contribution is 7.91. The van der Waals surface area contributed by atoms with E-state index in [2.05, 4.69) is 21.5 Å². The monoisotopic (exact) mass is 245 g/mol. The first-order chi connectivity index (χ1) is 6.97. The molecule has 0 unspecified atom stereocenters. The average molecular weight is 245 g/mol. The van der Waals surface area contributed by atoms with E-state index in [1.165, 1.54) is 0 Å². The number of aromatic nitrogens is 1. The maximum Gasteiger partial charge on any atom is 0.252 e. The van der Waals surface area contributed by atoms with Gasteiger partial charge in [-0.1, -0.05) is 17.3 Å². The molecule has 0 bridgehead atoms. The summed E-state index contributed by atoms with van der Waals surface area (Å²) in [4.78, 5) is 3.85. The standard InChI is InChI=1S/C8H11N3O2S2/c1-3-4-5-10-15(12,13)7-6(2)11-8(9)14-7/h10H,5H2,1-2H3,(H2,9,11). The Kier molecular flexibility index (Phi) is 3.68. The number of nitrogens with zero attached hydrogens (tertiary/aromatic N) is 1. The average Bonchev–Trinajstić information content (AvgIpc) is 2.46. The molecule has 0 amide bonds. The van der Waals surface area contributed by atoms with Crippen LogP contribution in [0.1, 0.15) is 12.6 Å². The van der Waals surface area contributed by atoms with Crippen molar-refractivity contribution >= 4 is 26.5 Å². The zero-order valence-electron chi connectivity index (χ0n) is 8.36. The third-order valence-electron chi connectivity index (χ3n) is 1.54. The van der Waals surface area contributed by atoms with Crippen molar-refractivity contribution in [2.75, 3.05) is 12.3 Å². The minimum atomic E-state index is -3.52. The van der Waals surface area contributed by atoms with Crippen molar-refractivity contribution in [1.29, 1.82) is 0 Å². The highest BCUT2D eigenvalue weighted by atomic mass is 32.2. The van der Waals surface area contributed by atoms with Crippen LogP contribution in [0.3, 0.4) is 0 Å².